The van der Waals surface area contributed by atoms with Crippen LogP contribution in [0.3, 0.4) is 0 Å². The normalized spacial score (nSPS) is 10.3. The summed E-state index contributed by atoms with van der Waals surface area (Å²) in [5, 5.41) is 3.25. The molecular weight excluding hydrogens is 262 g/mol. The maximum atomic E-state index is 12.3. The van der Waals surface area contributed by atoms with Gasteiger partial charge in [-0.1, -0.05) is 24.3 Å². The lowest BCUT2D eigenvalue weighted by Gasteiger charge is -2.21. The van der Waals surface area contributed by atoms with Gasteiger partial charge in [0.25, 0.3) is 0 Å². The van der Waals surface area contributed by atoms with E-state index in [9.17, 15) is 4.79 Å². The van der Waals surface area contributed by atoms with Crippen LogP contribution in [0.5, 0.6) is 0 Å². The Bertz CT molecular complexity index is 542. The summed E-state index contributed by atoms with van der Waals surface area (Å²) < 4.78 is 0. The topological polar surface area (TPSA) is 45.2 Å². The SMILES string of the molecule is CCN(C(=O)CCNCc1ccccn1)c1ccccc1. The molecule has 0 aliphatic rings. The average molecular weight is 283 g/mol. The van der Waals surface area contributed by atoms with E-state index >= 15 is 0 Å². The Kier molecular flexibility index (Phi) is 5.91. The summed E-state index contributed by atoms with van der Waals surface area (Å²) >= 11 is 0. The smallest absolute Gasteiger partial charge is 0.228 e. The molecule has 4 heteroatoms. The second-order valence-corrected chi connectivity index (χ2v) is 4.72. The lowest BCUT2D eigenvalue weighted by Crippen LogP contribution is -2.33. The first kappa shape index (κ1) is 15.2. The quantitative estimate of drug-likeness (QED) is 0.794. The maximum absolute atomic E-state index is 12.3. The molecule has 1 heterocycles. The first-order chi connectivity index (χ1) is 10.3. The van der Waals surface area contributed by atoms with Crippen LogP contribution in [0.4, 0.5) is 5.69 Å². The standard InChI is InChI=1S/C17H21N3O/c1-2-20(16-9-4-3-5-10-16)17(21)11-13-18-14-15-8-6-7-12-19-15/h3-10,12,18H,2,11,13-14H2,1H3. The van der Waals surface area contributed by atoms with E-state index in [0.29, 0.717) is 26.1 Å². The Morgan fingerprint density at radius 2 is 1.90 bits per heavy atom. The summed E-state index contributed by atoms with van der Waals surface area (Å²) in [6.45, 7) is 4.01. The maximum Gasteiger partial charge on any atom is 0.228 e. The molecule has 0 bridgehead atoms. The molecule has 1 N–H and O–H groups in total. The van der Waals surface area contributed by atoms with Gasteiger partial charge in [-0.2, -0.15) is 0 Å². The van der Waals surface area contributed by atoms with Crippen molar-refractivity contribution >= 4 is 11.6 Å². The number of carbonyl (C=O) groups excluding carboxylic acids is 1. The summed E-state index contributed by atoms with van der Waals surface area (Å²) in [6.07, 6.45) is 2.26. The van der Waals surface area contributed by atoms with Crippen molar-refractivity contribution in [2.24, 2.45) is 0 Å². The van der Waals surface area contributed by atoms with E-state index < -0.39 is 0 Å². The van der Waals surface area contributed by atoms with Crippen molar-refractivity contribution in [3.8, 4) is 0 Å². The molecule has 1 aromatic carbocycles. The van der Waals surface area contributed by atoms with Gasteiger partial charge in [0.2, 0.25) is 5.91 Å². The molecule has 0 spiro atoms. The third-order valence-electron chi connectivity index (χ3n) is 3.23. The highest BCUT2D eigenvalue weighted by Crippen LogP contribution is 2.13. The molecule has 0 aliphatic heterocycles. The van der Waals surface area contributed by atoms with Crippen LogP contribution in [0, 0.1) is 0 Å². The molecule has 0 unspecified atom stereocenters. The molecular formula is C17H21N3O. The fourth-order valence-corrected chi connectivity index (χ4v) is 2.16. The van der Waals surface area contributed by atoms with Gasteiger partial charge in [0.15, 0.2) is 0 Å². The van der Waals surface area contributed by atoms with Crippen molar-refractivity contribution in [1.82, 2.24) is 10.3 Å². The summed E-state index contributed by atoms with van der Waals surface area (Å²) in [6, 6.07) is 15.6. The van der Waals surface area contributed by atoms with Crippen LogP contribution in [0.1, 0.15) is 19.0 Å². The minimum atomic E-state index is 0.136. The highest BCUT2D eigenvalue weighted by Gasteiger charge is 2.12. The first-order valence-corrected chi connectivity index (χ1v) is 7.27. The molecule has 2 aromatic rings. The second kappa shape index (κ2) is 8.17. The molecule has 0 saturated heterocycles. The van der Waals surface area contributed by atoms with Crippen molar-refractivity contribution in [2.45, 2.75) is 19.9 Å². The molecule has 0 aliphatic carbocycles. The largest absolute Gasteiger partial charge is 0.313 e. The van der Waals surface area contributed by atoms with Gasteiger partial charge in [0.05, 0.1) is 5.69 Å². The minimum absolute atomic E-state index is 0.136. The monoisotopic (exact) mass is 283 g/mol. The molecule has 0 saturated carbocycles. The van der Waals surface area contributed by atoms with E-state index in [1.165, 1.54) is 0 Å². The van der Waals surface area contributed by atoms with Crippen molar-refractivity contribution in [3.63, 3.8) is 0 Å². The molecule has 110 valence electrons. The zero-order valence-corrected chi connectivity index (χ0v) is 12.3. The van der Waals surface area contributed by atoms with E-state index in [2.05, 4.69) is 10.3 Å². The zero-order valence-electron chi connectivity index (χ0n) is 12.3. The number of benzene rings is 1. The van der Waals surface area contributed by atoms with E-state index in [-0.39, 0.29) is 5.91 Å². The molecule has 1 aromatic heterocycles. The third kappa shape index (κ3) is 4.68. The van der Waals surface area contributed by atoms with Crippen molar-refractivity contribution in [1.29, 1.82) is 0 Å². The predicted octanol–water partition coefficient (Wildman–Crippen LogP) is 2.61. The molecule has 4 nitrogen and oxygen atoms in total. The molecule has 2 rings (SSSR count). The molecule has 1 amide bonds. The number of hydrogen-bond acceptors (Lipinski definition) is 3. The van der Waals surface area contributed by atoms with Crippen molar-refractivity contribution in [3.05, 3.63) is 60.4 Å². The van der Waals surface area contributed by atoms with E-state index in [1.807, 2.05) is 60.4 Å². The number of rotatable bonds is 7. The van der Waals surface area contributed by atoms with Gasteiger partial charge in [0, 0.05) is 37.9 Å². The highest BCUT2D eigenvalue weighted by molar-refractivity contribution is 5.93. The fourth-order valence-electron chi connectivity index (χ4n) is 2.16. The second-order valence-electron chi connectivity index (χ2n) is 4.72. The number of carbonyl (C=O) groups is 1. The third-order valence-corrected chi connectivity index (χ3v) is 3.23. The van der Waals surface area contributed by atoms with Crippen LogP contribution >= 0.6 is 0 Å². The fraction of sp³-hybridized carbons (Fsp3) is 0.294. The van der Waals surface area contributed by atoms with Crippen molar-refractivity contribution in [2.75, 3.05) is 18.0 Å². The van der Waals surface area contributed by atoms with Crippen LogP contribution in [-0.4, -0.2) is 24.0 Å². The number of nitrogens with zero attached hydrogens (tertiary/aromatic N) is 2. The predicted molar refractivity (Wildman–Crippen MR) is 85.0 cm³/mol. The summed E-state index contributed by atoms with van der Waals surface area (Å²) in [5.74, 6) is 0.136. The van der Waals surface area contributed by atoms with Gasteiger partial charge in [-0.3, -0.25) is 9.78 Å². The van der Waals surface area contributed by atoms with Crippen LogP contribution in [0.15, 0.2) is 54.7 Å². The zero-order chi connectivity index (χ0) is 14.9. The minimum Gasteiger partial charge on any atom is -0.313 e. The Hall–Kier alpha value is -2.20. The Balaban J connectivity index is 1.78. The van der Waals surface area contributed by atoms with Gasteiger partial charge < -0.3 is 10.2 Å². The Labute approximate surface area is 125 Å². The van der Waals surface area contributed by atoms with Gasteiger partial charge in [-0.15, -0.1) is 0 Å². The summed E-state index contributed by atoms with van der Waals surface area (Å²) in [5.41, 5.74) is 1.94. The van der Waals surface area contributed by atoms with E-state index in [0.717, 1.165) is 11.4 Å². The van der Waals surface area contributed by atoms with Crippen LogP contribution in [0.25, 0.3) is 0 Å². The molecule has 21 heavy (non-hydrogen) atoms. The van der Waals surface area contributed by atoms with Crippen LogP contribution in [-0.2, 0) is 11.3 Å². The first-order valence-electron chi connectivity index (χ1n) is 7.27. The Morgan fingerprint density at radius 3 is 2.57 bits per heavy atom. The lowest BCUT2D eigenvalue weighted by atomic mass is 10.2. The molecule has 0 atom stereocenters. The number of para-hydroxylation sites is 1. The van der Waals surface area contributed by atoms with E-state index in [1.54, 1.807) is 6.20 Å². The lowest BCUT2D eigenvalue weighted by molar-refractivity contribution is -0.118. The molecule has 0 fully saturated rings. The summed E-state index contributed by atoms with van der Waals surface area (Å²) in [4.78, 5) is 18.3. The van der Waals surface area contributed by atoms with Crippen molar-refractivity contribution < 1.29 is 4.79 Å². The number of pyridine rings is 1. The van der Waals surface area contributed by atoms with E-state index in [4.69, 9.17) is 0 Å². The van der Waals surface area contributed by atoms with Gasteiger partial charge in [-0.25, -0.2) is 0 Å². The Morgan fingerprint density at radius 1 is 1.14 bits per heavy atom. The van der Waals surface area contributed by atoms with Crippen LogP contribution in [0.2, 0.25) is 0 Å². The highest BCUT2D eigenvalue weighted by atomic mass is 16.2. The van der Waals surface area contributed by atoms with Gasteiger partial charge in [0.1, 0.15) is 0 Å². The van der Waals surface area contributed by atoms with Gasteiger partial charge >= 0.3 is 0 Å². The average Bonchev–Trinajstić information content (AvgIpc) is 2.54. The number of anilines is 1. The number of aromatic nitrogens is 1. The number of amides is 1. The van der Waals surface area contributed by atoms with Crippen LogP contribution < -0.4 is 10.2 Å². The molecule has 0 radical (unpaired) electrons. The number of hydrogen-bond donors (Lipinski definition) is 1. The van der Waals surface area contributed by atoms with Gasteiger partial charge in [-0.05, 0) is 31.2 Å². The summed E-state index contributed by atoms with van der Waals surface area (Å²) in [7, 11) is 0. The number of nitrogens with one attached hydrogen (secondary N) is 1.